The fourth-order valence-electron chi connectivity index (χ4n) is 3.94. The summed E-state index contributed by atoms with van der Waals surface area (Å²) in [6.45, 7) is 0. The normalized spacial score (nSPS) is 11.1. The van der Waals surface area contributed by atoms with Crippen molar-refractivity contribution < 1.29 is 0 Å². The molecule has 5 aromatic rings. The third-order valence-electron chi connectivity index (χ3n) is 5.48. The summed E-state index contributed by atoms with van der Waals surface area (Å²) in [5.41, 5.74) is 7.31. The van der Waals surface area contributed by atoms with E-state index in [2.05, 4.69) is 151 Å². The van der Waals surface area contributed by atoms with Crippen LogP contribution in [0.5, 0.6) is 0 Å². The van der Waals surface area contributed by atoms with Crippen molar-refractivity contribution in [3.63, 3.8) is 0 Å². The Morgan fingerprint density at radius 3 is 1.39 bits per heavy atom. The zero-order valence-corrected chi connectivity index (χ0v) is 21.2. The molecule has 3 heteroatoms. The van der Waals surface area contributed by atoms with Crippen LogP contribution in [-0.4, -0.2) is 0 Å². The smallest absolute Gasteiger partial charge is 0.0175 e. The van der Waals surface area contributed by atoms with Crippen LogP contribution in [0.3, 0.4) is 0 Å². The number of rotatable bonds is 3. The van der Waals surface area contributed by atoms with Crippen molar-refractivity contribution in [3.05, 3.63) is 117 Å². The molecule has 0 amide bonds. The summed E-state index contributed by atoms with van der Waals surface area (Å²) in [7, 11) is 0. The van der Waals surface area contributed by atoms with Gasteiger partial charge in [0.15, 0.2) is 0 Å². The first-order chi connectivity index (χ1) is 15.1. The maximum absolute atomic E-state index is 3.57. The van der Waals surface area contributed by atoms with Crippen molar-refractivity contribution in [2.45, 2.75) is 0 Å². The summed E-state index contributed by atoms with van der Waals surface area (Å²) in [4.78, 5) is 0. The van der Waals surface area contributed by atoms with Gasteiger partial charge in [-0.2, -0.15) is 0 Å². The minimum atomic E-state index is 1.08. The number of halogens is 3. The van der Waals surface area contributed by atoms with Gasteiger partial charge in [0.2, 0.25) is 0 Å². The van der Waals surface area contributed by atoms with Gasteiger partial charge in [0.25, 0.3) is 0 Å². The van der Waals surface area contributed by atoms with Crippen LogP contribution < -0.4 is 0 Å². The van der Waals surface area contributed by atoms with Gasteiger partial charge < -0.3 is 0 Å². The van der Waals surface area contributed by atoms with Gasteiger partial charge in [0.05, 0.1) is 0 Å². The highest BCUT2D eigenvalue weighted by atomic mass is 79.9. The van der Waals surface area contributed by atoms with Gasteiger partial charge >= 0.3 is 0 Å². The Morgan fingerprint density at radius 1 is 0.355 bits per heavy atom. The molecule has 0 unspecified atom stereocenters. The van der Waals surface area contributed by atoms with Crippen LogP contribution in [0.4, 0.5) is 0 Å². The predicted octanol–water partition coefficient (Wildman–Crippen LogP) is 10.1. The monoisotopic (exact) mass is 590 g/mol. The van der Waals surface area contributed by atoms with E-state index in [9.17, 15) is 0 Å². The van der Waals surface area contributed by atoms with Gasteiger partial charge in [0.1, 0.15) is 0 Å². The molecule has 0 fully saturated rings. The van der Waals surface area contributed by atoms with E-state index < -0.39 is 0 Å². The van der Waals surface area contributed by atoms with Crippen LogP contribution in [-0.2, 0) is 0 Å². The zero-order chi connectivity index (χ0) is 21.4. The molecule has 0 bridgehead atoms. The Bertz CT molecular complexity index is 1370. The van der Waals surface area contributed by atoms with Gasteiger partial charge in [0, 0.05) is 13.4 Å². The third kappa shape index (κ3) is 4.27. The Kier molecular flexibility index (Phi) is 5.83. The first kappa shape index (κ1) is 20.7. The molecular formula is C28H17Br3. The molecule has 0 atom stereocenters. The van der Waals surface area contributed by atoms with Gasteiger partial charge in [-0.3, -0.25) is 0 Å². The van der Waals surface area contributed by atoms with E-state index in [1.54, 1.807) is 0 Å². The molecule has 0 N–H and O–H groups in total. The summed E-state index contributed by atoms with van der Waals surface area (Å²) in [5, 5.41) is 2.51. The largest absolute Gasteiger partial charge is 0.0610 e. The lowest BCUT2D eigenvalue weighted by Crippen LogP contribution is -1.88. The van der Waals surface area contributed by atoms with E-state index in [1.165, 1.54) is 44.2 Å². The second-order valence-electron chi connectivity index (χ2n) is 7.45. The van der Waals surface area contributed by atoms with Crippen molar-refractivity contribution in [2.24, 2.45) is 0 Å². The number of hydrogen-bond acceptors (Lipinski definition) is 0. The highest BCUT2D eigenvalue weighted by molar-refractivity contribution is 9.11. The maximum Gasteiger partial charge on any atom is 0.0175 e. The molecule has 0 nitrogen and oxygen atoms in total. The molecule has 0 radical (unpaired) electrons. The first-order valence-corrected chi connectivity index (χ1v) is 12.3. The van der Waals surface area contributed by atoms with E-state index >= 15 is 0 Å². The van der Waals surface area contributed by atoms with E-state index in [-0.39, 0.29) is 0 Å². The van der Waals surface area contributed by atoms with Crippen LogP contribution in [0.2, 0.25) is 0 Å². The Balaban J connectivity index is 1.82. The summed E-state index contributed by atoms with van der Waals surface area (Å²) >= 11 is 10.7. The van der Waals surface area contributed by atoms with Crippen LogP contribution in [0.25, 0.3) is 44.2 Å². The highest BCUT2D eigenvalue weighted by Gasteiger charge is 2.12. The average molecular weight is 593 g/mol. The molecule has 0 saturated carbocycles. The van der Waals surface area contributed by atoms with Crippen molar-refractivity contribution in [2.75, 3.05) is 0 Å². The Hall–Kier alpha value is -2.20. The Labute approximate surface area is 207 Å². The second-order valence-corrected chi connectivity index (χ2v) is 10.2. The molecule has 0 aliphatic rings. The summed E-state index contributed by atoms with van der Waals surface area (Å²) in [6, 6.07) is 36.8. The average Bonchev–Trinajstić information content (AvgIpc) is 2.80. The van der Waals surface area contributed by atoms with Gasteiger partial charge in [-0.15, -0.1) is 0 Å². The quantitative estimate of drug-likeness (QED) is 0.195. The van der Waals surface area contributed by atoms with E-state index in [0.29, 0.717) is 0 Å². The molecule has 0 heterocycles. The molecule has 0 saturated heterocycles. The molecule has 31 heavy (non-hydrogen) atoms. The lowest BCUT2D eigenvalue weighted by molar-refractivity contribution is 1.58. The summed E-state index contributed by atoms with van der Waals surface area (Å²) in [6.07, 6.45) is 0. The van der Waals surface area contributed by atoms with Crippen LogP contribution in [0.15, 0.2) is 117 Å². The molecule has 5 aromatic carbocycles. The van der Waals surface area contributed by atoms with Crippen LogP contribution in [0, 0.1) is 0 Å². The molecule has 0 spiro atoms. The number of benzene rings is 5. The molecular weight excluding hydrogens is 576 g/mol. The SMILES string of the molecule is Brc1ccc(-c2cc(-c3ccc(Br)cc3)c3cccc(-c4ccc(Br)cc4)c3c2)cc1. The fraction of sp³-hybridized carbons (Fsp3) is 0. The van der Waals surface area contributed by atoms with Gasteiger partial charge in [-0.25, -0.2) is 0 Å². The molecule has 0 aliphatic heterocycles. The van der Waals surface area contributed by atoms with Gasteiger partial charge in [-0.05, 0) is 92.7 Å². The Morgan fingerprint density at radius 2 is 0.839 bits per heavy atom. The van der Waals surface area contributed by atoms with Crippen LogP contribution >= 0.6 is 47.8 Å². The summed E-state index contributed by atoms with van der Waals surface area (Å²) in [5.74, 6) is 0. The minimum absolute atomic E-state index is 1.08. The van der Waals surface area contributed by atoms with E-state index in [4.69, 9.17) is 0 Å². The number of hydrogen-bond donors (Lipinski definition) is 0. The van der Waals surface area contributed by atoms with Crippen molar-refractivity contribution >= 4 is 58.6 Å². The maximum atomic E-state index is 3.57. The van der Waals surface area contributed by atoms with Crippen LogP contribution in [0.1, 0.15) is 0 Å². The molecule has 0 aliphatic carbocycles. The standard InChI is InChI=1S/C28H17Br3/c29-22-10-4-18(5-11-22)21-16-27(20-8-14-24(31)15-9-20)26-3-1-2-25(28(26)17-21)19-6-12-23(30)13-7-19/h1-17H. The van der Waals surface area contributed by atoms with Crippen molar-refractivity contribution in [1.29, 1.82) is 0 Å². The summed E-state index contributed by atoms with van der Waals surface area (Å²) < 4.78 is 3.25. The molecule has 0 aromatic heterocycles. The lowest BCUT2D eigenvalue weighted by Gasteiger charge is -2.15. The zero-order valence-electron chi connectivity index (χ0n) is 16.4. The molecule has 150 valence electrons. The van der Waals surface area contributed by atoms with E-state index in [1.807, 2.05) is 0 Å². The number of fused-ring (bicyclic) bond motifs is 1. The predicted molar refractivity (Wildman–Crippen MR) is 143 cm³/mol. The highest BCUT2D eigenvalue weighted by Crippen LogP contribution is 2.39. The third-order valence-corrected chi connectivity index (χ3v) is 7.07. The minimum Gasteiger partial charge on any atom is -0.0610 e. The topological polar surface area (TPSA) is 0 Å². The lowest BCUT2D eigenvalue weighted by atomic mass is 9.89. The van der Waals surface area contributed by atoms with Crippen molar-refractivity contribution in [3.8, 4) is 33.4 Å². The van der Waals surface area contributed by atoms with Crippen molar-refractivity contribution in [1.82, 2.24) is 0 Å². The first-order valence-electron chi connectivity index (χ1n) is 9.93. The van der Waals surface area contributed by atoms with E-state index in [0.717, 1.165) is 13.4 Å². The molecule has 5 rings (SSSR count). The van der Waals surface area contributed by atoms with Gasteiger partial charge in [-0.1, -0.05) is 102 Å². The second kappa shape index (κ2) is 8.74. The fourth-order valence-corrected chi connectivity index (χ4v) is 4.74.